The molecular formula is C18H18BrNO3. The number of carbonyl (C=O) groups excluding carboxylic acids is 2. The van der Waals surface area contributed by atoms with Crippen LogP contribution in [0.25, 0.3) is 0 Å². The zero-order valence-electron chi connectivity index (χ0n) is 12.5. The molecule has 0 saturated carbocycles. The predicted octanol–water partition coefficient (Wildman–Crippen LogP) is 3.27. The van der Waals surface area contributed by atoms with Gasteiger partial charge in [-0.25, -0.2) is 4.79 Å². The fourth-order valence-corrected chi connectivity index (χ4v) is 2.96. The molecule has 2 aromatic rings. The van der Waals surface area contributed by atoms with E-state index in [1.54, 1.807) is 0 Å². The fraction of sp³-hybridized carbons (Fsp3) is 0.222. The van der Waals surface area contributed by atoms with E-state index in [0.29, 0.717) is 12.8 Å². The van der Waals surface area contributed by atoms with Crippen molar-refractivity contribution in [1.29, 1.82) is 0 Å². The first-order valence-corrected chi connectivity index (χ1v) is 8.19. The minimum Gasteiger partial charge on any atom is -0.438 e. The third-order valence-corrected chi connectivity index (χ3v) is 4.18. The zero-order valence-corrected chi connectivity index (χ0v) is 14.1. The Bertz CT molecular complexity index is 646. The zero-order chi connectivity index (χ0) is 16.7. The second-order valence-corrected chi connectivity index (χ2v) is 6.28. The monoisotopic (exact) mass is 375 g/mol. The van der Waals surface area contributed by atoms with Gasteiger partial charge in [-0.05, 0) is 17.5 Å². The first kappa shape index (κ1) is 17.2. The van der Waals surface area contributed by atoms with Gasteiger partial charge in [-0.15, -0.1) is 0 Å². The number of carbonyl (C=O) groups is 2. The molecule has 0 aliphatic carbocycles. The number of primary amides is 1. The lowest BCUT2D eigenvalue weighted by atomic mass is 10.00. The first-order valence-electron chi connectivity index (χ1n) is 7.28. The molecule has 2 N–H and O–H groups in total. The molecule has 4 nitrogen and oxygen atoms in total. The van der Waals surface area contributed by atoms with Gasteiger partial charge in [-0.1, -0.05) is 76.6 Å². The number of Topliss-reactive ketones (excluding diaryl/α,β-unsaturated/α-hetero) is 1. The molecule has 0 radical (unpaired) electrons. The minimum atomic E-state index is -0.946. The molecular weight excluding hydrogens is 358 g/mol. The van der Waals surface area contributed by atoms with Crippen LogP contribution in [0.5, 0.6) is 0 Å². The third-order valence-electron chi connectivity index (χ3n) is 3.41. The Morgan fingerprint density at radius 1 is 0.913 bits per heavy atom. The quantitative estimate of drug-likeness (QED) is 0.754. The van der Waals surface area contributed by atoms with Gasteiger partial charge >= 0.3 is 6.09 Å². The molecule has 120 valence electrons. The Balaban J connectivity index is 2.07. The average Bonchev–Trinajstić information content (AvgIpc) is 2.55. The van der Waals surface area contributed by atoms with E-state index in [0.717, 1.165) is 11.1 Å². The van der Waals surface area contributed by atoms with Crippen molar-refractivity contribution in [2.75, 3.05) is 0 Å². The van der Waals surface area contributed by atoms with Gasteiger partial charge in [0.2, 0.25) is 0 Å². The minimum absolute atomic E-state index is 0.198. The van der Waals surface area contributed by atoms with Crippen molar-refractivity contribution in [3.8, 4) is 0 Å². The molecule has 2 aromatic carbocycles. The normalized spacial score (nSPS) is 13.1. The van der Waals surface area contributed by atoms with Crippen molar-refractivity contribution in [3.63, 3.8) is 0 Å². The van der Waals surface area contributed by atoms with Crippen LogP contribution in [-0.2, 0) is 22.4 Å². The van der Waals surface area contributed by atoms with Crippen LogP contribution in [0.1, 0.15) is 11.1 Å². The Labute approximate surface area is 143 Å². The van der Waals surface area contributed by atoms with Gasteiger partial charge in [-0.3, -0.25) is 4.79 Å². The highest BCUT2D eigenvalue weighted by atomic mass is 79.9. The van der Waals surface area contributed by atoms with E-state index in [2.05, 4.69) is 15.9 Å². The molecule has 5 heteroatoms. The molecule has 0 aliphatic heterocycles. The number of nitrogens with two attached hydrogens (primary N) is 1. The SMILES string of the molecule is NC(=O)OC(Cc1ccccc1)C(=O)[C@@H](Br)Cc1ccccc1. The maximum atomic E-state index is 12.6. The van der Waals surface area contributed by atoms with Crippen LogP contribution >= 0.6 is 15.9 Å². The summed E-state index contributed by atoms with van der Waals surface area (Å²) in [6.07, 6.45) is -1.02. The maximum Gasteiger partial charge on any atom is 0.405 e. The summed E-state index contributed by atoms with van der Waals surface area (Å²) in [6.45, 7) is 0. The largest absolute Gasteiger partial charge is 0.438 e. The summed E-state index contributed by atoms with van der Waals surface area (Å²) in [5.41, 5.74) is 7.05. The summed E-state index contributed by atoms with van der Waals surface area (Å²) in [7, 11) is 0. The van der Waals surface area contributed by atoms with Crippen LogP contribution in [0.15, 0.2) is 60.7 Å². The van der Waals surface area contributed by atoms with E-state index >= 15 is 0 Å². The van der Waals surface area contributed by atoms with Gasteiger partial charge < -0.3 is 10.5 Å². The summed E-state index contributed by atoms with van der Waals surface area (Å²) in [5.74, 6) is -0.198. The van der Waals surface area contributed by atoms with E-state index < -0.39 is 17.0 Å². The summed E-state index contributed by atoms with van der Waals surface area (Å²) in [4.78, 5) is 23.3. The van der Waals surface area contributed by atoms with Gasteiger partial charge in [0.1, 0.15) is 0 Å². The van der Waals surface area contributed by atoms with Crippen LogP contribution in [0.3, 0.4) is 0 Å². The number of alkyl halides is 1. The standard InChI is InChI=1S/C18H18BrNO3/c19-15(11-13-7-3-1-4-8-13)17(21)16(23-18(20)22)12-14-9-5-2-6-10-14/h1-10,15-16H,11-12H2,(H2,20,22)/t15-,16?/m0/s1. The predicted molar refractivity (Wildman–Crippen MR) is 92.5 cm³/mol. The summed E-state index contributed by atoms with van der Waals surface area (Å²) >= 11 is 3.40. The fourth-order valence-electron chi connectivity index (χ4n) is 2.29. The van der Waals surface area contributed by atoms with Crippen molar-refractivity contribution in [2.45, 2.75) is 23.8 Å². The Kier molecular flexibility index (Phi) is 6.35. The van der Waals surface area contributed by atoms with E-state index in [1.165, 1.54) is 0 Å². The lowest BCUT2D eigenvalue weighted by Crippen LogP contribution is -2.37. The second-order valence-electron chi connectivity index (χ2n) is 5.17. The third kappa shape index (κ3) is 5.53. The number of amides is 1. The summed E-state index contributed by atoms with van der Waals surface area (Å²) in [6, 6.07) is 19.0. The van der Waals surface area contributed by atoms with Gasteiger partial charge in [0.15, 0.2) is 11.9 Å². The van der Waals surface area contributed by atoms with Crippen LogP contribution in [-0.4, -0.2) is 22.8 Å². The Morgan fingerprint density at radius 3 is 1.87 bits per heavy atom. The number of ketones is 1. The van der Waals surface area contributed by atoms with Crippen molar-refractivity contribution >= 4 is 27.8 Å². The topological polar surface area (TPSA) is 69.4 Å². The molecule has 23 heavy (non-hydrogen) atoms. The molecule has 2 atom stereocenters. The Morgan fingerprint density at radius 2 is 1.39 bits per heavy atom. The average molecular weight is 376 g/mol. The summed E-state index contributed by atoms with van der Waals surface area (Å²) in [5, 5.41) is 0. The summed E-state index contributed by atoms with van der Waals surface area (Å²) < 4.78 is 5.03. The number of halogens is 1. The molecule has 0 spiro atoms. The van der Waals surface area contributed by atoms with E-state index in [1.807, 2.05) is 60.7 Å². The molecule has 2 rings (SSSR count). The smallest absolute Gasteiger partial charge is 0.405 e. The van der Waals surface area contributed by atoms with Crippen molar-refractivity contribution in [3.05, 3.63) is 71.8 Å². The highest BCUT2D eigenvalue weighted by Crippen LogP contribution is 2.17. The molecule has 0 heterocycles. The maximum absolute atomic E-state index is 12.6. The molecule has 0 aromatic heterocycles. The number of ether oxygens (including phenoxy) is 1. The van der Waals surface area contributed by atoms with Crippen LogP contribution in [0.4, 0.5) is 4.79 Å². The van der Waals surface area contributed by atoms with Crippen LogP contribution < -0.4 is 5.73 Å². The van der Waals surface area contributed by atoms with Crippen molar-refractivity contribution in [2.24, 2.45) is 5.73 Å². The highest BCUT2D eigenvalue weighted by molar-refractivity contribution is 9.10. The number of hydrogen-bond donors (Lipinski definition) is 1. The number of benzene rings is 2. The van der Waals surface area contributed by atoms with Gasteiger partial charge in [0, 0.05) is 6.42 Å². The van der Waals surface area contributed by atoms with Crippen molar-refractivity contribution in [1.82, 2.24) is 0 Å². The lowest BCUT2D eigenvalue weighted by Gasteiger charge is -2.19. The number of hydrogen-bond acceptors (Lipinski definition) is 3. The van der Waals surface area contributed by atoms with Gasteiger partial charge in [-0.2, -0.15) is 0 Å². The molecule has 1 unspecified atom stereocenters. The molecule has 1 amide bonds. The van der Waals surface area contributed by atoms with Crippen LogP contribution in [0.2, 0.25) is 0 Å². The highest BCUT2D eigenvalue weighted by Gasteiger charge is 2.28. The molecule has 0 fully saturated rings. The van der Waals surface area contributed by atoms with Crippen LogP contribution in [0, 0.1) is 0 Å². The van der Waals surface area contributed by atoms with Gasteiger partial charge in [0.25, 0.3) is 0 Å². The Hall–Kier alpha value is -2.14. The van der Waals surface area contributed by atoms with E-state index in [-0.39, 0.29) is 5.78 Å². The number of rotatable bonds is 7. The second kappa shape index (κ2) is 8.48. The lowest BCUT2D eigenvalue weighted by molar-refractivity contribution is -0.126. The van der Waals surface area contributed by atoms with Crippen molar-refractivity contribution < 1.29 is 14.3 Å². The van der Waals surface area contributed by atoms with E-state index in [4.69, 9.17) is 10.5 Å². The molecule has 0 aliphatic rings. The first-order chi connectivity index (χ1) is 11.1. The van der Waals surface area contributed by atoms with E-state index in [9.17, 15) is 9.59 Å². The molecule has 0 bridgehead atoms. The molecule has 0 saturated heterocycles. The van der Waals surface area contributed by atoms with Gasteiger partial charge in [0.05, 0.1) is 4.83 Å².